The fraction of sp³-hybridized carbons (Fsp3) is 0.364. The zero-order valence-electron chi connectivity index (χ0n) is 15.8. The number of carbonyl (C=O) groups excluding carboxylic acids is 2. The normalized spacial score (nSPS) is 15.5. The van der Waals surface area contributed by atoms with Gasteiger partial charge in [0.05, 0.1) is 0 Å². The van der Waals surface area contributed by atoms with Crippen LogP contribution in [0.3, 0.4) is 0 Å². The first-order chi connectivity index (χ1) is 13.6. The molecule has 0 N–H and O–H groups in total. The highest BCUT2D eigenvalue weighted by Gasteiger charge is 2.28. The minimum atomic E-state index is -0.380. The monoisotopic (exact) mass is 381 g/mol. The van der Waals surface area contributed by atoms with E-state index in [4.69, 9.17) is 14.2 Å². The van der Waals surface area contributed by atoms with Crippen LogP contribution in [0.25, 0.3) is 0 Å². The summed E-state index contributed by atoms with van der Waals surface area (Å²) in [6.45, 7) is 2.11. The Labute approximate surface area is 164 Å². The van der Waals surface area contributed by atoms with E-state index in [1.54, 1.807) is 24.3 Å². The van der Waals surface area contributed by atoms with Gasteiger partial charge in [0, 0.05) is 25.1 Å². The Hall–Kier alpha value is -3.02. The maximum Gasteiger partial charge on any atom is 0.308 e. The molecular formula is C22H23NO5. The minimum absolute atomic E-state index is 0.0149. The van der Waals surface area contributed by atoms with E-state index in [2.05, 4.69) is 0 Å². The number of hydrogen-bond donors (Lipinski definition) is 0. The molecule has 0 spiro atoms. The molecule has 2 aromatic carbocycles. The van der Waals surface area contributed by atoms with E-state index in [1.807, 2.05) is 23.1 Å². The highest BCUT2D eigenvalue weighted by atomic mass is 16.7. The number of benzene rings is 2. The maximum absolute atomic E-state index is 13.3. The molecular weight excluding hydrogens is 358 g/mol. The smallest absolute Gasteiger partial charge is 0.308 e. The fourth-order valence-electron chi connectivity index (χ4n) is 3.82. The summed E-state index contributed by atoms with van der Waals surface area (Å²) in [7, 11) is 0. The summed E-state index contributed by atoms with van der Waals surface area (Å²) >= 11 is 0. The van der Waals surface area contributed by atoms with Gasteiger partial charge in [-0.3, -0.25) is 9.59 Å². The predicted octanol–water partition coefficient (Wildman–Crippen LogP) is 3.93. The van der Waals surface area contributed by atoms with E-state index in [0.717, 1.165) is 42.7 Å². The number of fused-ring (bicyclic) bond motifs is 1. The molecule has 1 aliphatic carbocycles. The molecule has 2 aromatic rings. The van der Waals surface area contributed by atoms with Crippen LogP contribution < -0.4 is 14.2 Å². The average molecular weight is 381 g/mol. The van der Waals surface area contributed by atoms with Gasteiger partial charge in [-0.1, -0.05) is 18.9 Å². The Balaban J connectivity index is 1.55. The van der Waals surface area contributed by atoms with Crippen molar-refractivity contribution in [1.29, 1.82) is 0 Å². The lowest BCUT2D eigenvalue weighted by molar-refractivity contribution is -0.131. The molecule has 6 heteroatoms. The van der Waals surface area contributed by atoms with Crippen LogP contribution in [-0.2, 0) is 11.3 Å². The third kappa shape index (κ3) is 3.96. The Kier molecular flexibility index (Phi) is 5.19. The molecule has 0 saturated heterocycles. The van der Waals surface area contributed by atoms with Crippen molar-refractivity contribution in [2.75, 3.05) is 6.79 Å². The van der Waals surface area contributed by atoms with Crippen molar-refractivity contribution in [3.8, 4) is 17.2 Å². The number of nitrogens with zero attached hydrogens (tertiary/aromatic N) is 1. The second-order valence-electron chi connectivity index (χ2n) is 7.18. The summed E-state index contributed by atoms with van der Waals surface area (Å²) in [6, 6.07) is 12.8. The first-order valence-corrected chi connectivity index (χ1v) is 9.58. The van der Waals surface area contributed by atoms with Crippen LogP contribution in [0.1, 0.15) is 48.5 Å². The molecule has 0 radical (unpaired) electrons. The van der Waals surface area contributed by atoms with Crippen molar-refractivity contribution in [2.24, 2.45) is 0 Å². The van der Waals surface area contributed by atoms with Crippen LogP contribution in [0.4, 0.5) is 0 Å². The molecule has 0 atom stereocenters. The van der Waals surface area contributed by atoms with Crippen molar-refractivity contribution in [2.45, 2.75) is 45.2 Å². The van der Waals surface area contributed by atoms with Gasteiger partial charge in [0.1, 0.15) is 5.75 Å². The predicted molar refractivity (Wildman–Crippen MR) is 102 cm³/mol. The van der Waals surface area contributed by atoms with Crippen molar-refractivity contribution in [3.05, 3.63) is 53.6 Å². The molecule has 146 valence electrons. The van der Waals surface area contributed by atoms with Gasteiger partial charge in [-0.2, -0.15) is 0 Å². The summed E-state index contributed by atoms with van der Waals surface area (Å²) in [5.74, 6) is 1.51. The van der Waals surface area contributed by atoms with Gasteiger partial charge in [0.15, 0.2) is 11.5 Å². The summed E-state index contributed by atoms with van der Waals surface area (Å²) in [4.78, 5) is 26.3. The molecule has 0 unspecified atom stereocenters. The number of ether oxygens (including phenoxy) is 3. The first-order valence-electron chi connectivity index (χ1n) is 9.58. The van der Waals surface area contributed by atoms with Crippen molar-refractivity contribution < 1.29 is 23.8 Å². The number of carbonyl (C=O) groups is 2. The molecule has 1 heterocycles. The van der Waals surface area contributed by atoms with Crippen LogP contribution in [0.2, 0.25) is 0 Å². The SMILES string of the molecule is CC(=O)Oc1ccc(C(=O)N(Cc2ccc3c(c2)OCO3)C2CCCC2)cc1. The maximum atomic E-state index is 13.3. The van der Waals surface area contributed by atoms with Crippen LogP contribution >= 0.6 is 0 Å². The summed E-state index contributed by atoms with van der Waals surface area (Å²) in [5.41, 5.74) is 1.60. The highest BCUT2D eigenvalue weighted by molar-refractivity contribution is 5.94. The molecule has 4 rings (SSSR count). The highest BCUT2D eigenvalue weighted by Crippen LogP contribution is 2.34. The molecule has 0 bridgehead atoms. The molecule has 1 fully saturated rings. The average Bonchev–Trinajstić information content (AvgIpc) is 3.37. The van der Waals surface area contributed by atoms with Gasteiger partial charge in [-0.05, 0) is 54.8 Å². The molecule has 1 amide bonds. The second-order valence-corrected chi connectivity index (χ2v) is 7.18. The fourth-order valence-corrected chi connectivity index (χ4v) is 3.82. The van der Waals surface area contributed by atoms with Gasteiger partial charge in [-0.15, -0.1) is 0 Å². The molecule has 0 aromatic heterocycles. The van der Waals surface area contributed by atoms with Crippen molar-refractivity contribution in [1.82, 2.24) is 4.90 Å². The first kappa shape index (κ1) is 18.3. The van der Waals surface area contributed by atoms with Crippen molar-refractivity contribution in [3.63, 3.8) is 0 Å². The van der Waals surface area contributed by atoms with Gasteiger partial charge in [0.2, 0.25) is 6.79 Å². The van der Waals surface area contributed by atoms with E-state index in [-0.39, 0.29) is 24.7 Å². The number of amides is 1. The largest absolute Gasteiger partial charge is 0.454 e. The third-order valence-corrected chi connectivity index (χ3v) is 5.18. The lowest BCUT2D eigenvalue weighted by atomic mass is 10.1. The van der Waals surface area contributed by atoms with Gasteiger partial charge >= 0.3 is 5.97 Å². The number of hydrogen-bond acceptors (Lipinski definition) is 5. The van der Waals surface area contributed by atoms with E-state index in [1.165, 1.54) is 6.92 Å². The lowest BCUT2D eigenvalue weighted by Crippen LogP contribution is -2.38. The Morgan fingerprint density at radius 2 is 1.75 bits per heavy atom. The molecule has 1 aliphatic heterocycles. The van der Waals surface area contributed by atoms with Crippen LogP contribution in [0.15, 0.2) is 42.5 Å². The van der Waals surface area contributed by atoms with Gasteiger partial charge in [-0.25, -0.2) is 0 Å². The summed E-state index contributed by atoms with van der Waals surface area (Å²) in [6.07, 6.45) is 4.31. The van der Waals surface area contributed by atoms with Crippen LogP contribution in [0.5, 0.6) is 17.2 Å². The molecule has 2 aliphatic rings. The van der Waals surface area contributed by atoms with Crippen LogP contribution in [-0.4, -0.2) is 29.6 Å². The molecule has 1 saturated carbocycles. The summed E-state index contributed by atoms with van der Waals surface area (Å²) < 4.78 is 15.9. The van der Waals surface area contributed by atoms with E-state index in [9.17, 15) is 9.59 Å². The van der Waals surface area contributed by atoms with E-state index in [0.29, 0.717) is 17.9 Å². The number of rotatable bonds is 5. The Morgan fingerprint density at radius 1 is 1.04 bits per heavy atom. The topological polar surface area (TPSA) is 65.1 Å². The standard InChI is InChI=1S/C22H23NO5/c1-15(24)28-19-9-7-17(8-10-19)22(25)23(18-4-2-3-5-18)13-16-6-11-20-21(12-16)27-14-26-20/h6-12,18H,2-5,13-14H2,1H3. The van der Waals surface area contributed by atoms with Crippen LogP contribution in [0, 0.1) is 0 Å². The quantitative estimate of drug-likeness (QED) is 0.580. The summed E-state index contributed by atoms with van der Waals surface area (Å²) in [5, 5.41) is 0. The lowest BCUT2D eigenvalue weighted by Gasteiger charge is -2.29. The number of esters is 1. The zero-order valence-corrected chi connectivity index (χ0v) is 15.8. The Bertz CT molecular complexity index is 871. The van der Waals surface area contributed by atoms with Gasteiger partial charge < -0.3 is 19.1 Å². The second kappa shape index (κ2) is 7.92. The molecule has 28 heavy (non-hydrogen) atoms. The van der Waals surface area contributed by atoms with Crippen molar-refractivity contribution >= 4 is 11.9 Å². The van der Waals surface area contributed by atoms with E-state index >= 15 is 0 Å². The third-order valence-electron chi connectivity index (χ3n) is 5.18. The molecule has 6 nitrogen and oxygen atoms in total. The zero-order chi connectivity index (χ0) is 19.5. The van der Waals surface area contributed by atoms with Gasteiger partial charge in [0.25, 0.3) is 5.91 Å². The van der Waals surface area contributed by atoms with E-state index < -0.39 is 0 Å². The Morgan fingerprint density at radius 3 is 2.46 bits per heavy atom. The minimum Gasteiger partial charge on any atom is -0.454 e.